The number of nitrogens with one attached hydrogen (secondary N) is 1. The van der Waals surface area contributed by atoms with Crippen molar-refractivity contribution in [3.05, 3.63) is 101 Å². The van der Waals surface area contributed by atoms with Gasteiger partial charge in [-0.2, -0.15) is 0 Å². The molecule has 3 N–H and O–H groups in total. The van der Waals surface area contributed by atoms with Crippen molar-refractivity contribution in [1.29, 1.82) is 0 Å². The summed E-state index contributed by atoms with van der Waals surface area (Å²) in [6.07, 6.45) is 1.30. The van der Waals surface area contributed by atoms with Crippen LogP contribution >= 0.6 is 0 Å². The van der Waals surface area contributed by atoms with Crippen LogP contribution in [0.4, 0.5) is 5.88 Å². The van der Waals surface area contributed by atoms with Gasteiger partial charge in [-0.05, 0) is 43.4 Å². The number of primary amides is 1. The molecule has 2 atom stereocenters. The molecule has 9 nitrogen and oxygen atoms in total. The third-order valence-electron chi connectivity index (χ3n) is 8.09. The van der Waals surface area contributed by atoms with Gasteiger partial charge >= 0.3 is 5.91 Å². The van der Waals surface area contributed by atoms with Gasteiger partial charge in [0.15, 0.2) is 6.04 Å². The van der Waals surface area contributed by atoms with Gasteiger partial charge in [0, 0.05) is 23.1 Å². The minimum absolute atomic E-state index is 0.0668. The monoisotopic (exact) mass is 617 g/mol. The van der Waals surface area contributed by atoms with Crippen LogP contribution in [0.2, 0.25) is 0 Å². The first-order chi connectivity index (χ1) is 20.8. The first-order valence-corrected chi connectivity index (χ1v) is 16.2. The van der Waals surface area contributed by atoms with Crippen LogP contribution in [0.15, 0.2) is 88.3 Å². The molecule has 2 amide bonds. The van der Waals surface area contributed by atoms with Crippen molar-refractivity contribution < 1.29 is 27.0 Å². The van der Waals surface area contributed by atoms with Crippen LogP contribution in [0, 0.1) is 19.8 Å². The normalized spacial score (nSPS) is 13.8. The highest BCUT2D eigenvalue weighted by molar-refractivity contribution is 7.92. The van der Waals surface area contributed by atoms with E-state index in [1.54, 1.807) is 39.1 Å². The number of benzene rings is 3. The predicted octanol–water partition coefficient (Wildman–Crippen LogP) is 5.77. The molecule has 0 aliphatic carbocycles. The molecule has 1 unspecified atom stereocenters. The molecule has 0 radical (unpaired) electrons. The summed E-state index contributed by atoms with van der Waals surface area (Å²) in [5.74, 6) is -0.337. The maximum atomic E-state index is 13.9. The highest BCUT2D eigenvalue weighted by atomic mass is 32.2. The number of sulfonamides is 1. The van der Waals surface area contributed by atoms with E-state index in [-0.39, 0.29) is 40.1 Å². The van der Waals surface area contributed by atoms with Gasteiger partial charge in [-0.25, -0.2) is 22.4 Å². The topological polar surface area (TPSA) is 132 Å². The Morgan fingerprint density at radius 2 is 1.57 bits per heavy atom. The lowest BCUT2D eigenvalue weighted by molar-refractivity contribution is -0.865. The van der Waals surface area contributed by atoms with E-state index >= 15 is 0 Å². The van der Waals surface area contributed by atoms with Crippen LogP contribution in [0.1, 0.15) is 49.1 Å². The predicted molar refractivity (Wildman–Crippen MR) is 171 cm³/mol. The average molecular weight is 618 g/mol. The lowest BCUT2D eigenvalue weighted by atomic mass is 9.97. The second-order valence-corrected chi connectivity index (χ2v) is 13.5. The number of aromatic nitrogens is 1. The number of nitrogens with zero attached hydrogens (tertiary/aromatic N) is 2. The molecule has 1 heterocycles. The number of hydrogen-bond donors (Lipinski definition) is 2. The zero-order valence-corrected chi connectivity index (χ0v) is 26.7. The smallest absolute Gasteiger partial charge is 0.314 e. The second kappa shape index (κ2) is 13.6. The van der Waals surface area contributed by atoms with E-state index < -0.39 is 22.0 Å². The zero-order chi connectivity index (χ0) is 32.1. The largest absolute Gasteiger partial charge is 0.364 e. The van der Waals surface area contributed by atoms with Crippen LogP contribution in [0.5, 0.6) is 0 Å². The standard InChI is InChI=1S/C34H40N4O5S/c1-23(2)21-30(33(35)40)38(5,32(39)20-17-26-11-7-6-8-12-26)22-27-15-18-28(19-16-27)29-13-9-10-14-31(29)44(41,42)37-34-24(3)25(4)36-43-34/h6-16,18-19,23,30H,17,20-22H2,1-5H3,(H2-,35,36,37,40)/p+1/t30-,38?/m0/s1. The molecule has 10 heteroatoms. The molecule has 0 bridgehead atoms. The maximum Gasteiger partial charge on any atom is 0.314 e. The third-order valence-corrected chi connectivity index (χ3v) is 9.48. The Morgan fingerprint density at radius 3 is 2.16 bits per heavy atom. The summed E-state index contributed by atoms with van der Waals surface area (Å²) in [5.41, 5.74) is 10.2. The van der Waals surface area contributed by atoms with Crippen molar-refractivity contribution >= 4 is 27.7 Å². The van der Waals surface area contributed by atoms with Gasteiger partial charge in [0.1, 0.15) is 6.54 Å². The van der Waals surface area contributed by atoms with E-state index in [0.29, 0.717) is 35.2 Å². The van der Waals surface area contributed by atoms with Crippen molar-refractivity contribution in [3.63, 3.8) is 0 Å². The third kappa shape index (κ3) is 7.43. The molecule has 4 rings (SSSR count). The number of hydrogen-bond acceptors (Lipinski definition) is 6. The molecule has 3 aromatic carbocycles. The minimum atomic E-state index is -4.00. The van der Waals surface area contributed by atoms with E-state index in [0.717, 1.165) is 11.1 Å². The highest BCUT2D eigenvalue weighted by Gasteiger charge is 2.43. The fourth-order valence-electron chi connectivity index (χ4n) is 5.40. The lowest BCUT2D eigenvalue weighted by Gasteiger charge is -2.38. The van der Waals surface area contributed by atoms with Crippen LogP contribution in [0.25, 0.3) is 11.1 Å². The number of amides is 2. The molecule has 0 fully saturated rings. The summed E-state index contributed by atoms with van der Waals surface area (Å²) in [6, 6.07) is 23.2. The van der Waals surface area contributed by atoms with Crippen molar-refractivity contribution in [2.75, 3.05) is 11.8 Å². The van der Waals surface area contributed by atoms with Gasteiger partial charge in [0.25, 0.3) is 15.9 Å². The number of quaternary nitrogens is 1. The first kappa shape index (κ1) is 32.6. The Kier molecular flexibility index (Phi) is 10.1. The van der Waals surface area contributed by atoms with E-state index in [9.17, 15) is 18.0 Å². The molecular weight excluding hydrogens is 576 g/mol. The van der Waals surface area contributed by atoms with Crippen molar-refractivity contribution in [2.45, 2.75) is 64.4 Å². The molecule has 0 aliphatic rings. The van der Waals surface area contributed by atoms with Crippen LogP contribution < -0.4 is 10.5 Å². The van der Waals surface area contributed by atoms with Crippen molar-refractivity contribution in [2.24, 2.45) is 11.7 Å². The molecule has 1 aromatic heterocycles. The van der Waals surface area contributed by atoms with Gasteiger partial charge < -0.3 is 10.3 Å². The van der Waals surface area contributed by atoms with Crippen LogP contribution in [0.3, 0.4) is 0 Å². The first-order valence-electron chi connectivity index (χ1n) is 14.7. The van der Waals surface area contributed by atoms with E-state index in [2.05, 4.69) is 9.88 Å². The van der Waals surface area contributed by atoms with E-state index in [4.69, 9.17) is 10.3 Å². The Bertz CT molecular complexity index is 1720. The number of nitrogens with two attached hydrogens (primary N) is 1. The minimum Gasteiger partial charge on any atom is -0.364 e. The maximum absolute atomic E-state index is 13.9. The molecule has 0 spiro atoms. The summed E-state index contributed by atoms with van der Waals surface area (Å²) in [5, 5.41) is 3.84. The van der Waals surface area contributed by atoms with Crippen LogP contribution in [-0.4, -0.2) is 43.0 Å². The van der Waals surface area contributed by atoms with E-state index in [1.165, 1.54) is 6.07 Å². The fraction of sp³-hybridized carbons (Fsp3) is 0.324. The highest BCUT2D eigenvalue weighted by Crippen LogP contribution is 2.31. The number of carbonyl (C=O) groups is 2. The Morgan fingerprint density at radius 1 is 0.932 bits per heavy atom. The Balaban J connectivity index is 1.63. The molecule has 4 aromatic rings. The summed E-state index contributed by atoms with van der Waals surface area (Å²) >= 11 is 0. The zero-order valence-electron chi connectivity index (χ0n) is 25.9. The number of anilines is 1. The van der Waals surface area contributed by atoms with Gasteiger partial charge in [0.2, 0.25) is 5.88 Å². The average Bonchev–Trinajstić information content (AvgIpc) is 3.31. The van der Waals surface area contributed by atoms with Crippen molar-refractivity contribution in [3.8, 4) is 11.1 Å². The fourth-order valence-corrected chi connectivity index (χ4v) is 6.67. The Hall–Kier alpha value is -4.28. The lowest BCUT2D eigenvalue weighted by Crippen LogP contribution is -2.60. The molecule has 232 valence electrons. The number of carbonyl (C=O) groups excluding carboxylic acids is 2. The van der Waals surface area contributed by atoms with Gasteiger partial charge in [-0.15, -0.1) is 0 Å². The number of likely N-dealkylation sites (N-methyl/N-ethyl adjacent to an activating group) is 1. The summed E-state index contributed by atoms with van der Waals surface area (Å²) in [7, 11) is -2.20. The number of aryl methyl sites for hydroxylation is 2. The number of rotatable bonds is 13. The summed E-state index contributed by atoms with van der Waals surface area (Å²) < 4.78 is 34.3. The summed E-state index contributed by atoms with van der Waals surface area (Å²) in [6.45, 7) is 7.75. The SMILES string of the molecule is Cc1noc(NS(=O)(=O)c2ccccc2-c2ccc(C[N+](C)(C(=O)CCc3ccccc3)[C@@H](CC(C)C)C(N)=O)cc2)c1C. The molecule has 0 aliphatic heterocycles. The molecular formula is C34H41N4O5S+. The van der Waals surface area contributed by atoms with Crippen LogP contribution in [-0.2, 0) is 32.6 Å². The molecule has 44 heavy (non-hydrogen) atoms. The Labute approximate surface area is 259 Å². The molecule has 0 saturated heterocycles. The van der Waals surface area contributed by atoms with Gasteiger partial charge in [0.05, 0.1) is 24.1 Å². The van der Waals surface area contributed by atoms with Gasteiger partial charge in [-0.3, -0.25) is 4.79 Å². The van der Waals surface area contributed by atoms with E-state index in [1.807, 2.05) is 68.4 Å². The van der Waals surface area contributed by atoms with Crippen molar-refractivity contribution in [1.82, 2.24) is 5.16 Å². The molecule has 0 saturated carbocycles. The van der Waals surface area contributed by atoms with Gasteiger partial charge in [-0.1, -0.05) is 91.8 Å². The summed E-state index contributed by atoms with van der Waals surface area (Å²) in [4.78, 5) is 26.7. The quantitative estimate of drug-likeness (QED) is 0.183. The second-order valence-electron chi connectivity index (χ2n) is 11.9.